The van der Waals surface area contributed by atoms with Crippen LogP contribution in [0, 0.1) is 17.8 Å². The van der Waals surface area contributed by atoms with E-state index in [1.54, 1.807) is 117 Å². The largest absolute Gasteiger partial charge is 0.461 e. The van der Waals surface area contributed by atoms with E-state index in [2.05, 4.69) is 5.32 Å². The number of ether oxygens (including phenoxy) is 5. The minimum atomic E-state index is -2.28. The fourth-order valence-electron chi connectivity index (χ4n) is 11.1. The van der Waals surface area contributed by atoms with Crippen molar-refractivity contribution in [2.45, 2.75) is 195 Å². The van der Waals surface area contributed by atoms with E-state index in [1.165, 1.54) is 4.90 Å². The number of ketones is 2. The van der Waals surface area contributed by atoms with Gasteiger partial charge >= 0.3 is 5.97 Å². The van der Waals surface area contributed by atoms with E-state index in [0.29, 0.717) is 12.0 Å². The van der Waals surface area contributed by atoms with E-state index in [4.69, 9.17) is 29.4 Å². The number of cyclic esters (lactones) is 1. The minimum absolute atomic E-state index is 0.102. The SMILES string of the molecule is CNc1ccc(C(=O)CC(O)CCC(C)C2OC(=O)CC(O)CC(=O)CC(O)CC(O)CC(O)CC(O)CC3(O)CC(O)C(C(=O)N4CCOCC4)C(CC(O[C@@H]4O[C@H](C)[C@@H](O)[C@H](N)[C@@H]4O)/C=C/C=C/C=C/C=C/C=C/C=C/C=C/C2C)O3)cc1. The zero-order chi connectivity index (χ0) is 62.2. The van der Waals surface area contributed by atoms with Crippen molar-refractivity contribution in [3.05, 3.63) is 115 Å². The molecule has 1 aromatic carbocycles. The standard InChI is InChI=1S/C63H93N3O19/c1-39-17-15-13-11-9-7-5-6-8-10-12-14-16-18-51(83-62-59(78)57(64)58(77)41(3)82-62)36-54-56(61(79)66-25-27-81-28-26-66)53(75)38-63(80,85-54)37-50(73)33-48(71)31-46(69)29-45(68)30-47(70)32-49(72)35-55(76)84-60(39)40(2)19-24-44(67)34-52(74)42-20-22-43(65-4)23-21-42/h5-18,20-23,39-41,44-46,48-51,53-54,56-60,62,65,67-69,71-73,75,77-78,80H,19,24-38,64H2,1-4H3/b6-5+,9-7+,10-8+,13-11+,14-12+,17-15+,18-16+/t39?,40?,41-,44?,45?,46?,48?,49?,50?,51?,53?,54?,56?,57+,58-,59+,60?,62+,63?/m1/s1. The molecule has 0 aromatic heterocycles. The van der Waals surface area contributed by atoms with Crippen LogP contribution in [0.15, 0.2) is 109 Å². The number of rotatable bonds is 11. The highest BCUT2D eigenvalue weighted by Crippen LogP contribution is 2.39. The maximum Gasteiger partial charge on any atom is 0.308 e. The van der Waals surface area contributed by atoms with Crippen LogP contribution in [0.25, 0.3) is 0 Å². The van der Waals surface area contributed by atoms with Crippen LogP contribution < -0.4 is 11.1 Å². The molecule has 2 bridgehead atoms. The Hall–Kier alpha value is -5.12. The first-order valence-electron chi connectivity index (χ1n) is 29.6. The molecule has 0 spiro atoms. The Bertz CT molecular complexity index is 2440. The van der Waals surface area contributed by atoms with Crippen molar-refractivity contribution >= 4 is 29.1 Å². The zero-order valence-electron chi connectivity index (χ0n) is 49.3. The predicted octanol–water partition coefficient (Wildman–Crippen LogP) is 2.52. The number of nitrogens with one attached hydrogen (secondary N) is 1. The number of fused-ring (bicyclic) bond motifs is 2. The molecule has 0 aliphatic carbocycles. The molecule has 4 aliphatic rings. The van der Waals surface area contributed by atoms with Crippen molar-refractivity contribution in [3.63, 3.8) is 0 Å². The van der Waals surface area contributed by atoms with Gasteiger partial charge < -0.3 is 90.7 Å². The summed E-state index contributed by atoms with van der Waals surface area (Å²) in [5.41, 5.74) is 7.45. The van der Waals surface area contributed by atoms with Gasteiger partial charge in [0.15, 0.2) is 17.9 Å². The molecular weight excluding hydrogens is 1100 g/mol. The maximum absolute atomic E-state index is 14.2. The number of nitrogens with zero attached hydrogens (tertiary/aromatic N) is 1. The molecule has 0 radical (unpaired) electrons. The summed E-state index contributed by atoms with van der Waals surface area (Å²) in [5.74, 6) is -6.32. The average Bonchev–Trinajstić information content (AvgIpc) is 1.91. The van der Waals surface area contributed by atoms with Crippen LogP contribution in [0.1, 0.15) is 108 Å². The molecule has 1 amide bonds. The van der Waals surface area contributed by atoms with Crippen molar-refractivity contribution in [1.82, 2.24) is 4.90 Å². The second kappa shape index (κ2) is 35.6. The van der Waals surface area contributed by atoms with Gasteiger partial charge in [-0.15, -0.1) is 0 Å². The monoisotopic (exact) mass is 1200 g/mol. The van der Waals surface area contributed by atoms with Crippen molar-refractivity contribution < 1.29 is 93.9 Å². The van der Waals surface area contributed by atoms with E-state index < -0.39 is 160 Å². The summed E-state index contributed by atoms with van der Waals surface area (Å²) in [6, 6.07) is 5.78. The number of Topliss-reactive ketones (excluding diaryl/α,β-unsaturated/α-hetero) is 2. The minimum Gasteiger partial charge on any atom is -0.461 e. The molecule has 13 N–H and O–H groups in total. The number of anilines is 1. The molecule has 4 aliphatic heterocycles. The number of allylic oxidation sites excluding steroid dienone is 12. The van der Waals surface area contributed by atoms with Gasteiger partial charge in [-0.2, -0.15) is 0 Å². The first-order valence-corrected chi connectivity index (χ1v) is 29.6. The third-order valence-electron chi connectivity index (χ3n) is 15.7. The topological polar surface area (TPSA) is 358 Å². The Kier molecular flexibility index (Phi) is 29.6. The van der Waals surface area contributed by atoms with Gasteiger partial charge in [0.05, 0.1) is 98.7 Å². The molecule has 474 valence electrons. The van der Waals surface area contributed by atoms with Gasteiger partial charge in [0.25, 0.3) is 0 Å². The van der Waals surface area contributed by atoms with Crippen LogP contribution in [0.5, 0.6) is 0 Å². The highest BCUT2D eigenvalue weighted by atomic mass is 16.7. The zero-order valence-corrected chi connectivity index (χ0v) is 49.3. The molecule has 5 rings (SSSR count). The van der Waals surface area contributed by atoms with Crippen LogP contribution in [-0.2, 0) is 38.1 Å². The van der Waals surface area contributed by atoms with E-state index in [1.807, 2.05) is 19.9 Å². The lowest BCUT2D eigenvalue weighted by Crippen LogP contribution is -2.62. The van der Waals surface area contributed by atoms with Crippen LogP contribution in [0.2, 0.25) is 0 Å². The number of carbonyl (C=O) groups is 4. The van der Waals surface area contributed by atoms with E-state index in [9.17, 15) is 70.2 Å². The summed E-state index contributed by atoms with van der Waals surface area (Å²) in [4.78, 5) is 55.1. The molecule has 22 heteroatoms. The van der Waals surface area contributed by atoms with Crippen molar-refractivity contribution in [2.24, 2.45) is 23.5 Å². The summed E-state index contributed by atoms with van der Waals surface area (Å²) < 4.78 is 29.8. The van der Waals surface area contributed by atoms with Crippen LogP contribution in [0.3, 0.4) is 0 Å². The number of aliphatic hydroxyl groups is 10. The molecule has 3 fully saturated rings. The van der Waals surface area contributed by atoms with Crippen LogP contribution in [0.4, 0.5) is 5.69 Å². The van der Waals surface area contributed by atoms with Crippen molar-refractivity contribution in [3.8, 4) is 0 Å². The number of morpholine rings is 1. The van der Waals surface area contributed by atoms with E-state index in [-0.39, 0.29) is 76.0 Å². The summed E-state index contributed by atoms with van der Waals surface area (Å²) in [6.07, 6.45) is 3.42. The number of nitrogens with two attached hydrogens (primary N) is 1. The highest BCUT2D eigenvalue weighted by molar-refractivity contribution is 5.96. The van der Waals surface area contributed by atoms with Gasteiger partial charge in [0.1, 0.15) is 18.0 Å². The first kappa shape index (κ1) is 70.6. The Morgan fingerprint density at radius 3 is 1.91 bits per heavy atom. The second-order valence-corrected chi connectivity index (χ2v) is 23.0. The number of aliphatic hydroxyl groups excluding tert-OH is 9. The molecule has 1 aromatic rings. The highest BCUT2D eigenvalue weighted by Gasteiger charge is 2.52. The van der Waals surface area contributed by atoms with Crippen LogP contribution in [-0.4, -0.2) is 210 Å². The second-order valence-electron chi connectivity index (χ2n) is 23.0. The smallest absolute Gasteiger partial charge is 0.308 e. The molecule has 85 heavy (non-hydrogen) atoms. The van der Waals surface area contributed by atoms with Crippen molar-refractivity contribution in [2.75, 3.05) is 38.7 Å². The Labute approximate surface area is 498 Å². The third kappa shape index (κ3) is 23.8. The van der Waals surface area contributed by atoms with Crippen LogP contribution >= 0.6 is 0 Å². The fraction of sp³-hybridized carbons (Fsp3) is 0.619. The number of carbonyl (C=O) groups excluding carboxylic acids is 4. The number of esters is 1. The molecule has 22 nitrogen and oxygen atoms in total. The number of benzene rings is 1. The van der Waals surface area contributed by atoms with Gasteiger partial charge in [-0.1, -0.05) is 98.9 Å². The summed E-state index contributed by atoms with van der Waals surface area (Å²) >= 11 is 0. The average molecular weight is 1200 g/mol. The summed E-state index contributed by atoms with van der Waals surface area (Å²) in [7, 11) is 1.77. The number of hydrogen-bond donors (Lipinski definition) is 12. The normalized spacial score (nSPS) is 37.6. The quantitative estimate of drug-likeness (QED) is 0.112. The third-order valence-corrected chi connectivity index (χ3v) is 15.7. The van der Waals surface area contributed by atoms with Gasteiger partial charge in [-0.3, -0.25) is 19.2 Å². The van der Waals surface area contributed by atoms with Gasteiger partial charge in [-0.05, 0) is 69.2 Å². The first-order chi connectivity index (χ1) is 40.4. The molecular formula is C63H93N3O19. The lowest BCUT2D eigenvalue weighted by molar-refractivity contribution is -0.308. The molecule has 19 atom stereocenters. The number of amides is 1. The number of hydrogen-bond acceptors (Lipinski definition) is 21. The molecule has 4 heterocycles. The Morgan fingerprint density at radius 1 is 0.729 bits per heavy atom. The molecule has 0 saturated carbocycles. The van der Waals surface area contributed by atoms with E-state index in [0.717, 1.165) is 5.69 Å². The lowest BCUT2D eigenvalue weighted by Gasteiger charge is -2.47. The molecule has 3 saturated heterocycles. The fourth-order valence-corrected chi connectivity index (χ4v) is 11.1. The Morgan fingerprint density at radius 2 is 1.29 bits per heavy atom. The van der Waals surface area contributed by atoms with Crippen molar-refractivity contribution in [1.29, 1.82) is 0 Å². The molecule has 14 unspecified atom stereocenters. The van der Waals surface area contributed by atoms with Gasteiger partial charge in [0.2, 0.25) is 5.91 Å². The van der Waals surface area contributed by atoms with Gasteiger partial charge in [0, 0.05) is 75.8 Å². The predicted molar refractivity (Wildman–Crippen MR) is 315 cm³/mol. The summed E-state index contributed by atoms with van der Waals surface area (Å²) in [5, 5.41) is 114. The maximum atomic E-state index is 14.2. The van der Waals surface area contributed by atoms with Gasteiger partial charge in [-0.25, -0.2) is 0 Å². The van der Waals surface area contributed by atoms with E-state index >= 15 is 0 Å². The summed E-state index contributed by atoms with van der Waals surface area (Å²) in [6.45, 7) is 6.24. The Balaban J connectivity index is 1.35. The lowest BCUT2D eigenvalue weighted by atomic mass is 9.81.